The predicted octanol–water partition coefficient (Wildman–Crippen LogP) is 3.13. The van der Waals surface area contributed by atoms with Crippen molar-refractivity contribution < 1.29 is 4.80 Å². The molecule has 1 rings (SSSR count). The van der Waals surface area contributed by atoms with Crippen molar-refractivity contribution in [3.63, 3.8) is 0 Å². The van der Waals surface area contributed by atoms with Crippen LogP contribution in [0.3, 0.4) is 0 Å². The molecule has 0 aliphatic carbocycles. The van der Waals surface area contributed by atoms with Gasteiger partial charge in [-0.1, -0.05) is 26.7 Å². The zero-order valence-electron chi connectivity index (χ0n) is 11.5. The molecule has 0 spiro atoms. The van der Waals surface area contributed by atoms with Gasteiger partial charge in [-0.15, -0.1) is 0 Å². The zero-order chi connectivity index (χ0) is 12.2. The highest BCUT2D eigenvalue weighted by Crippen LogP contribution is 2.40. The lowest BCUT2D eigenvalue weighted by atomic mass is 9.91. The smallest absolute Gasteiger partial charge is 0.188 e. The molecule has 0 radical (unpaired) electrons. The first-order valence-corrected chi connectivity index (χ1v) is 9.71. The van der Waals surface area contributed by atoms with Gasteiger partial charge in [0.2, 0.25) is 0 Å². The largest absolute Gasteiger partial charge is 0.432 e. The zero-order valence-corrected chi connectivity index (χ0v) is 12.5. The molecule has 1 aliphatic heterocycles. The Morgan fingerprint density at radius 3 is 2.31 bits per heavy atom. The Labute approximate surface area is 102 Å². The molecule has 1 aliphatic rings. The second-order valence-electron chi connectivity index (χ2n) is 6.53. The molecule has 1 fully saturated rings. The van der Waals surface area contributed by atoms with Crippen molar-refractivity contribution in [2.75, 3.05) is 13.1 Å². The second kappa shape index (κ2) is 5.65. The van der Waals surface area contributed by atoms with E-state index in [0.29, 0.717) is 0 Å². The van der Waals surface area contributed by atoms with E-state index in [1.165, 1.54) is 45.2 Å². The molecule has 16 heavy (non-hydrogen) atoms. The van der Waals surface area contributed by atoms with Crippen molar-refractivity contribution in [3.05, 3.63) is 0 Å². The number of rotatable bonds is 5. The van der Waals surface area contributed by atoms with E-state index in [9.17, 15) is 4.80 Å². The third-order valence-electron chi connectivity index (χ3n) is 4.53. The van der Waals surface area contributed by atoms with Gasteiger partial charge >= 0.3 is 0 Å². The van der Waals surface area contributed by atoms with E-state index in [1.54, 1.807) is 0 Å². The van der Waals surface area contributed by atoms with Crippen LogP contribution in [0.5, 0.6) is 0 Å². The summed E-state index contributed by atoms with van der Waals surface area (Å²) in [5, 5.41) is 3.58. The van der Waals surface area contributed by atoms with Gasteiger partial charge in [0.15, 0.2) is 8.32 Å². The Hall–Kier alpha value is 0.137. The molecule has 2 nitrogen and oxygen atoms in total. The predicted molar refractivity (Wildman–Crippen MR) is 73.2 cm³/mol. The standard InChI is InChI=1S/C13H29NOSi/c1-13(2,16(3,4)15)9-5-6-12-7-10-14-11-8-12/h12,14-15H,5-11H2,1-4H3. The monoisotopic (exact) mass is 243 g/mol. The van der Waals surface area contributed by atoms with E-state index < -0.39 is 8.32 Å². The summed E-state index contributed by atoms with van der Waals surface area (Å²) >= 11 is 0. The summed E-state index contributed by atoms with van der Waals surface area (Å²) in [5.74, 6) is 0.931. The van der Waals surface area contributed by atoms with Gasteiger partial charge < -0.3 is 10.1 Å². The fourth-order valence-corrected chi connectivity index (χ4v) is 3.10. The molecule has 0 atom stereocenters. The van der Waals surface area contributed by atoms with Crippen molar-refractivity contribution in [1.82, 2.24) is 5.32 Å². The van der Waals surface area contributed by atoms with E-state index in [4.69, 9.17) is 0 Å². The van der Waals surface area contributed by atoms with Crippen molar-refractivity contribution in [2.24, 2.45) is 5.92 Å². The molecule has 0 saturated carbocycles. The SMILES string of the molecule is CC(C)(CCCC1CCNCC1)[Si](C)(C)O. The van der Waals surface area contributed by atoms with Crippen molar-refractivity contribution in [1.29, 1.82) is 0 Å². The Balaban J connectivity index is 2.23. The normalized spacial score (nSPS) is 20.1. The van der Waals surface area contributed by atoms with Gasteiger partial charge in [-0.3, -0.25) is 0 Å². The average molecular weight is 243 g/mol. The molecule has 0 amide bonds. The lowest BCUT2D eigenvalue weighted by Crippen LogP contribution is -2.39. The third kappa shape index (κ3) is 4.19. The molecule has 1 saturated heterocycles. The van der Waals surface area contributed by atoms with E-state index in [2.05, 4.69) is 32.3 Å². The molecule has 96 valence electrons. The van der Waals surface area contributed by atoms with E-state index in [-0.39, 0.29) is 5.04 Å². The van der Waals surface area contributed by atoms with Gasteiger partial charge in [-0.2, -0.15) is 0 Å². The van der Waals surface area contributed by atoms with Gasteiger partial charge in [-0.25, -0.2) is 0 Å². The molecule has 1 heterocycles. The molecule has 2 N–H and O–H groups in total. The maximum absolute atomic E-state index is 10.2. The van der Waals surface area contributed by atoms with Crippen molar-refractivity contribution >= 4 is 8.32 Å². The highest BCUT2D eigenvalue weighted by molar-refractivity contribution is 6.72. The van der Waals surface area contributed by atoms with Crippen LogP contribution < -0.4 is 5.32 Å². The van der Waals surface area contributed by atoms with Crippen molar-refractivity contribution in [3.8, 4) is 0 Å². The van der Waals surface area contributed by atoms with Gasteiger partial charge in [-0.05, 0) is 56.4 Å². The van der Waals surface area contributed by atoms with Gasteiger partial charge in [0.05, 0.1) is 0 Å². The highest BCUT2D eigenvalue weighted by Gasteiger charge is 2.37. The minimum absolute atomic E-state index is 0.167. The first-order chi connectivity index (χ1) is 7.33. The first-order valence-electron chi connectivity index (χ1n) is 6.76. The van der Waals surface area contributed by atoms with Crippen molar-refractivity contribution in [2.45, 2.75) is 64.1 Å². The number of piperidine rings is 1. The van der Waals surface area contributed by atoms with Gasteiger partial charge in [0.1, 0.15) is 0 Å². The van der Waals surface area contributed by atoms with E-state index in [0.717, 1.165) is 5.92 Å². The third-order valence-corrected chi connectivity index (χ3v) is 8.09. The Morgan fingerprint density at radius 2 is 1.81 bits per heavy atom. The van der Waals surface area contributed by atoms with Gasteiger partial charge in [0.25, 0.3) is 0 Å². The maximum atomic E-state index is 10.2. The summed E-state index contributed by atoms with van der Waals surface area (Å²) in [6.07, 6.45) is 6.53. The van der Waals surface area contributed by atoms with E-state index in [1.807, 2.05) is 0 Å². The molecule has 0 aromatic carbocycles. The topological polar surface area (TPSA) is 32.3 Å². The Morgan fingerprint density at radius 1 is 1.25 bits per heavy atom. The van der Waals surface area contributed by atoms with Gasteiger partial charge in [0, 0.05) is 0 Å². The fraction of sp³-hybridized carbons (Fsp3) is 1.00. The summed E-state index contributed by atoms with van der Waals surface area (Å²) in [4.78, 5) is 10.2. The van der Waals surface area contributed by atoms with Crippen LogP contribution in [-0.2, 0) is 0 Å². The molecule has 0 aromatic heterocycles. The number of hydrogen-bond donors (Lipinski definition) is 2. The Kier molecular flexibility index (Phi) is 5.01. The van der Waals surface area contributed by atoms with Crippen LogP contribution in [0.15, 0.2) is 0 Å². The summed E-state index contributed by atoms with van der Waals surface area (Å²) < 4.78 is 0. The van der Waals surface area contributed by atoms with E-state index >= 15 is 0 Å². The minimum atomic E-state index is -1.98. The van der Waals surface area contributed by atoms with Crippen LogP contribution in [0, 0.1) is 5.92 Å². The summed E-state index contributed by atoms with van der Waals surface area (Å²) in [6, 6.07) is 0. The van der Waals surface area contributed by atoms with Crippen LogP contribution in [0.25, 0.3) is 0 Å². The quantitative estimate of drug-likeness (QED) is 0.727. The molecule has 0 aromatic rings. The van der Waals surface area contributed by atoms with Crippen LogP contribution >= 0.6 is 0 Å². The minimum Gasteiger partial charge on any atom is -0.432 e. The highest BCUT2D eigenvalue weighted by atomic mass is 28.4. The molecule has 3 heteroatoms. The van der Waals surface area contributed by atoms with Crippen LogP contribution in [0.1, 0.15) is 46.0 Å². The summed E-state index contributed by atoms with van der Waals surface area (Å²) in [6.45, 7) is 11.0. The number of nitrogens with one attached hydrogen (secondary N) is 1. The molecular weight excluding hydrogens is 214 g/mol. The fourth-order valence-electron chi connectivity index (χ4n) is 2.31. The summed E-state index contributed by atoms with van der Waals surface area (Å²) in [5.41, 5.74) is 0. The second-order valence-corrected chi connectivity index (χ2v) is 11.0. The average Bonchev–Trinajstić information content (AvgIpc) is 2.17. The van der Waals surface area contributed by atoms with Crippen LogP contribution in [-0.4, -0.2) is 26.2 Å². The molecule has 0 unspecified atom stereocenters. The molecular formula is C13H29NOSi. The van der Waals surface area contributed by atoms with Crippen LogP contribution in [0.4, 0.5) is 0 Å². The first kappa shape index (κ1) is 14.2. The Bertz CT molecular complexity index is 204. The van der Waals surface area contributed by atoms with Crippen LogP contribution in [0.2, 0.25) is 18.1 Å². The lowest BCUT2D eigenvalue weighted by molar-refractivity contribution is 0.332. The summed E-state index contributed by atoms with van der Waals surface area (Å²) in [7, 11) is -1.98. The molecule has 0 bridgehead atoms. The lowest BCUT2D eigenvalue weighted by Gasteiger charge is -2.35. The number of hydrogen-bond acceptors (Lipinski definition) is 2. The maximum Gasteiger partial charge on any atom is 0.188 e.